The molecular formula is C8H6ClMnO2-. The molecule has 0 N–H and O–H groups in total. The van der Waals surface area contributed by atoms with E-state index in [4.69, 9.17) is 11.6 Å². The Morgan fingerprint density at radius 2 is 2.25 bits per heavy atom. The fourth-order valence-electron chi connectivity index (χ4n) is 0.670. The van der Waals surface area contributed by atoms with Crippen molar-refractivity contribution >= 4 is 17.6 Å². The number of halogens is 1. The number of carbonyl (C=O) groups is 1. The molecule has 2 nitrogen and oxygen atoms in total. The van der Waals surface area contributed by atoms with Gasteiger partial charge >= 0.3 is 0 Å². The fraction of sp³-hybridized carbons (Fsp3) is 0.125. The Labute approximate surface area is 86.3 Å². The van der Waals surface area contributed by atoms with Gasteiger partial charge in [-0.3, -0.25) is 0 Å². The molecule has 12 heavy (non-hydrogen) atoms. The molecule has 65 valence electrons. The first kappa shape index (κ1) is 11.5. The van der Waals surface area contributed by atoms with Gasteiger partial charge in [-0.1, -0.05) is 5.56 Å². The van der Waals surface area contributed by atoms with Crippen molar-refractivity contribution in [2.45, 2.75) is 0 Å². The molecule has 1 aromatic carbocycles. The first-order chi connectivity index (χ1) is 5.24. The van der Waals surface area contributed by atoms with Crippen LogP contribution in [0.3, 0.4) is 0 Å². The number of rotatable bonds is 1. The second-order valence-corrected chi connectivity index (χ2v) is 2.31. The van der Waals surface area contributed by atoms with E-state index in [2.05, 4.69) is 10.8 Å². The van der Waals surface area contributed by atoms with E-state index in [0.29, 0.717) is 10.6 Å². The summed E-state index contributed by atoms with van der Waals surface area (Å²) in [6.45, 7) is 0. The van der Waals surface area contributed by atoms with Crippen LogP contribution in [0, 0.1) is 6.07 Å². The molecule has 0 saturated carbocycles. The maximum Gasteiger partial charge on any atom is 0.249 e. The van der Waals surface area contributed by atoms with Gasteiger partial charge in [0.25, 0.3) is 0 Å². The van der Waals surface area contributed by atoms with Crippen molar-refractivity contribution < 1.29 is 26.6 Å². The van der Waals surface area contributed by atoms with E-state index in [1.807, 2.05) is 0 Å². The van der Waals surface area contributed by atoms with Crippen LogP contribution < -0.4 is 0 Å². The fourth-order valence-corrected chi connectivity index (χ4v) is 0.844. The van der Waals surface area contributed by atoms with E-state index < -0.39 is 5.97 Å². The van der Waals surface area contributed by atoms with Crippen LogP contribution >= 0.6 is 11.6 Å². The summed E-state index contributed by atoms with van der Waals surface area (Å²) >= 11 is 5.58. The summed E-state index contributed by atoms with van der Waals surface area (Å²) in [5.74, 6) is -0.424. The zero-order chi connectivity index (χ0) is 8.27. The van der Waals surface area contributed by atoms with Gasteiger partial charge in [0.05, 0.1) is 7.11 Å². The number of hydrogen-bond acceptors (Lipinski definition) is 2. The minimum atomic E-state index is -0.424. The molecular weight excluding hydrogens is 218 g/mol. The normalized spacial score (nSPS) is 8.50. The Morgan fingerprint density at radius 3 is 2.75 bits per heavy atom. The van der Waals surface area contributed by atoms with E-state index in [9.17, 15) is 4.79 Å². The Bertz CT molecular complexity index is 276. The SMILES string of the molecule is COC(=O)c1[c-]c(Cl)ccc1.[Mn]. The van der Waals surface area contributed by atoms with Crippen molar-refractivity contribution in [2.75, 3.05) is 7.11 Å². The van der Waals surface area contributed by atoms with Gasteiger partial charge in [-0.05, 0) is 5.02 Å². The molecule has 0 bridgehead atoms. The third-order valence-corrected chi connectivity index (χ3v) is 1.39. The molecule has 1 radical (unpaired) electrons. The van der Waals surface area contributed by atoms with E-state index in [1.165, 1.54) is 7.11 Å². The molecule has 0 spiro atoms. The number of esters is 1. The first-order valence-electron chi connectivity index (χ1n) is 3.00. The maximum absolute atomic E-state index is 10.9. The van der Waals surface area contributed by atoms with Crippen molar-refractivity contribution in [1.82, 2.24) is 0 Å². The maximum atomic E-state index is 10.9. The number of methoxy groups -OCH3 is 1. The van der Waals surface area contributed by atoms with Crippen molar-refractivity contribution in [3.05, 3.63) is 34.9 Å². The zero-order valence-electron chi connectivity index (χ0n) is 6.30. The number of hydrogen-bond donors (Lipinski definition) is 0. The van der Waals surface area contributed by atoms with Crippen molar-refractivity contribution in [2.24, 2.45) is 0 Å². The minimum Gasteiger partial charge on any atom is -0.509 e. The Kier molecular flexibility index (Phi) is 4.98. The van der Waals surface area contributed by atoms with Gasteiger partial charge in [0.1, 0.15) is 0 Å². The molecule has 0 aliphatic carbocycles. The van der Waals surface area contributed by atoms with Gasteiger partial charge in [-0.25, -0.2) is 0 Å². The summed E-state index contributed by atoms with van der Waals surface area (Å²) in [6, 6.07) is 7.56. The van der Waals surface area contributed by atoms with Gasteiger partial charge in [-0.2, -0.15) is 0 Å². The molecule has 0 unspecified atom stereocenters. The molecule has 1 aromatic rings. The van der Waals surface area contributed by atoms with Crippen LogP contribution in [0.15, 0.2) is 18.2 Å². The second-order valence-electron chi connectivity index (χ2n) is 1.90. The van der Waals surface area contributed by atoms with Crippen LogP contribution in [0.1, 0.15) is 10.4 Å². The average molecular weight is 225 g/mol. The molecule has 0 amide bonds. The largest absolute Gasteiger partial charge is 0.509 e. The smallest absolute Gasteiger partial charge is 0.249 e. The predicted octanol–water partition coefficient (Wildman–Crippen LogP) is 1.92. The van der Waals surface area contributed by atoms with Gasteiger partial charge in [0.15, 0.2) is 0 Å². The monoisotopic (exact) mass is 224 g/mol. The summed E-state index contributed by atoms with van der Waals surface area (Å²) in [5, 5.41) is 0.410. The van der Waals surface area contributed by atoms with E-state index in [0.717, 1.165) is 0 Å². The molecule has 0 saturated heterocycles. The summed E-state index contributed by atoms with van der Waals surface area (Å²) in [6.07, 6.45) is 0. The van der Waals surface area contributed by atoms with Crippen LogP contribution in [-0.2, 0) is 21.8 Å². The quantitative estimate of drug-likeness (QED) is 0.414. The minimum absolute atomic E-state index is 0. The Hall–Kier alpha value is -0.501. The van der Waals surface area contributed by atoms with E-state index >= 15 is 0 Å². The van der Waals surface area contributed by atoms with Crippen LogP contribution in [0.25, 0.3) is 0 Å². The summed E-state index contributed by atoms with van der Waals surface area (Å²) in [5.41, 5.74) is 0.347. The predicted molar refractivity (Wildman–Crippen MR) is 41.6 cm³/mol. The van der Waals surface area contributed by atoms with Crippen molar-refractivity contribution in [1.29, 1.82) is 0 Å². The van der Waals surface area contributed by atoms with Crippen LogP contribution in [0.4, 0.5) is 0 Å². The molecule has 0 atom stereocenters. The molecule has 1 rings (SSSR count). The summed E-state index contributed by atoms with van der Waals surface area (Å²) in [7, 11) is 1.32. The van der Waals surface area contributed by atoms with E-state index in [-0.39, 0.29) is 17.1 Å². The third-order valence-electron chi connectivity index (χ3n) is 1.16. The standard InChI is InChI=1S/C8H6ClO2.Mn/c1-11-8(10)6-3-2-4-7(9)5-6;/h2-4H,1H3;/q-1;. The number of benzene rings is 1. The second kappa shape index (κ2) is 5.20. The van der Waals surface area contributed by atoms with E-state index in [1.54, 1.807) is 18.2 Å². The van der Waals surface area contributed by atoms with Gasteiger partial charge in [0.2, 0.25) is 5.97 Å². The molecule has 4 heteroatoms. The Morgan fingerprint density at radius 1 is 1.58 bits per heavy atom. The summed E-state index contributed by atoms with van der Waals surface area (Å²) in [4.78, 5) is 10.9. The van der Waals surface area contributed by atoms with Gasteiger partial charge in [-0.15, -0.1) is 35.9 Å². The van der Waals surface area contributed by atoms with Crippen molar-refractivity contribution in [3.8, 4) is 0 Å². The van der Waals surface area contributed by atoms with Crippen LogP contribution in [0.2, 0.25) is 5.02 Å². The Balaban J connectivity index is 0.00000121. The zero-order valence-corrected chi connectivity index (χ0v) is 8.24. The number of ether oxygens (including phenoxy) is 1. The average Bonchev–Trinajstić information content (AvgIpc) is 2.03. The van der Waals surface area contributed by atoms with Crippen molar-refractivity contribution in [3.63, 3.8) is 0 Å². The van der Waals surface area contributed by atoms with Crippen LogP contribution in [0.5, 0.6) is 0 Å². The molecule has 0 aromatic heterocycles. The van der Waals surface area contributed by atoms with Gasteiger partial charge in [0, 0.05) is 17.1 Å². The summed E-state index contributed by atoms with van der Waals surface area (Å²) < 4.78 is 4.46. The van der Waals surface area contributed by atoms with Crippen LogP contribution in [-0.4, -0.2) is 13.1 Å². The topological polar surface area (TPSA) is 26.3 Å². The molecule has 0 heterocycles. The van der Waals surface area contributed by atoms with Gasteiger partial charge < -0.3 is 9.53 Å². The molecule has 0 aliphatic rings. The molecule has 0 aliphatic heterocycles. The first-order valence-corrected chi connectivity index (χ1v) is 3.38. The third kappa shape index (κ3) is 2.86. The molecule has 0 fully saturated rings. The number of carbonyl (C=O) groups excluding carboxylic acids is 1.